The van der Waals surface area contributed by atoms with Crippen LogP contribution >= 0.6 is 0 Å². The molecule has 0 saturated heterocycles. The van der Waals surface area contributed by atoms with Crippen LogP contribution in [0.4, 0.5) is 0 Å². The Morgan fingerprint density at radius 3 is 2.71 bits per heavy atom. The first kappa shape index (κ1) is 16.7. The molecule has 2 aromatic heterocycles. The van der Waals surface area contributed by atoms with Crippen LogP contribution in [-0.2, 0) is 24.8 Å². The van der Waals surface area contributed by atoms with E-state index in [1.54, 1.807) is 16.6 Å². The predicted molar refractivity (Wildman–Crippen MR) is 87.6 cm³/mol. The Balaban J connectivity index is 1.90. The lowest BCUT2D eigenvalue weighted by atomic mass is 9.99. The Morgan fingerprint density at radius 2 is 2.08 bits per heavy atom. The molecule has 130 valence electrons. The second kappa shape index (κ2) is 6.05. The second-order valence-corrected chi connectivity index (χ2v) is 6.59. The maximum absolute atomic E-state index is 13.0. The maximum Gasteiger partial charge on any atom is 0.272 e. The molecule has 0 radical (unpaired) electrons. The first-order valence-corrected chi connectivity index (χ1v) is 8.18. The zero-order valence-corrected chi connectivity index (χ0v) is 15.1. The van der Waals surface area contributed by atoms with Gasteiger partial charge in [0, 0.05) is 31.6 Å². The third kappa shape index (κ3) is 2.73. The molecule has 2 aromatic rings. The van der Waals surface area contributed by atoms with Gasteiger partial charge in [0.1, 0.15) is 11.5 Å². The molecule has 0 spiro atoms. The molecule has 3 rings (SSSR count). The minimum absolute atomic E-state index is 0.0486. The van der Waals surface area contributed by atoms with Crippen molar-refractivity contribution in [2.45, 2.75) is 52.9 Å². The second-order valence-electron chi connectivity index (χ2n) is 6.59. The number of rotatable bonds is 3. The highest BCUT2D eigenvalue weighted by atomic mass is 16.5. The number of hydrogen-bond acceptors (Lipinski definition) is 5. The van der Waals surface area contributed by atoms with Crippen molar-refractivity contribution in [1.82, 2.24) is 19.8 Å². The summed E-state index contributed by atoms with van der Waals surface area (Å²) in [6.07, 6.45) is 0.689. The standard InChI is InChI=1S/C17H24N4O3/c1-9-7-13-15(12(4)23-9)18-21(6)16(13)17(22)20(5)8-14-10(2)19-24-11(14)3/h9,12H,7-8H2,1-6H3/t9-,12+/m1/s1. The molecule has 0 aliphatic carbocycles. The fraction of sp³-hybridized carbons (Fsp3) is 0.588. The minimum atomic E-state index is -0.0932. The van der Waals surface area contributed by atoms with Gasteiger partial charge in [-0.2, -0.15) is 5.10 Å². The summed E-state index contributed by atoms with van der Waals surface area (Å²) in [4.78, 5) is 14.7. The topological polar surface area (TPSA) is 73.4 Å². The fourth-order valence-corrected chi connectivity index (χ4v) is 3.35. The molecule has 0 saturated carbocycles. The van der Waals surface area contributed by atoms with Crippen molar-refractivity contribution in [2.75, 3.05) is 7.05 Å². The van der Waals surface area contributed by atoms with Crippen LogP contribution in [-0.4, -0.2) is 38.9 Å². The monoisotopic (exact) mass is 332 g/mol. The van der Waals surface area contributed by atoms with Crippen LogP contribution in [0, 0.1) is 13.8 Å². The van der Waals surface area contributed by atoms with E-state index in [0.717, 1.165) is 28.3 Å². The van der Waals surface area contributed by atoms with E-state index in [2.05, 4.69) is 10.3 Å². The van der Waals surface area contributed by atoms with Gasteiger partial charge in [0.2, 0.25) is 0 Å². The predicted octanol–water partition coefficient (Wildman–Crippen LogP) is 2.32. The van der Waals surface area contributed by atoms with E-state index in [1.165, 1.54) is 0 Å². The van der Waals surface area contributed by atoms with Gasteiger partial charge < -0.3 is 14.2 Å². The van der Waals surface area contributed by atoms with Gasteiger partial charge in [-0.05, 0) is 27.7 Å². The molecular formula is C17H24N4O3. The number of amides is 1. The SMILES string of the molecule is Cc1noc(C)c1CN(C)C(=O)c1c2c(nn1C)[C@H](C)O[C@H](C)C2. The number of hydrogen-bond donors (Lipinski definition) is 0. The molecule has 0 unspecified atom stereocenters. The number of nitrogens with zero attached hydrogens (tertiary/aromatic N) is 4. The smallest absolute Gasteiger partial charge is 0.272 e. The number of carbonyl (C=O) groups is 1. The largest absolute Gasteiger partial charge is 0.369 e. The normalized spacial score (nSPS) is 20.1. The Hall–Kier alpha value is -2.15. The zero-order chi connectivity index (χ0) is 17.6. The maximum atomic E-state index is 13.0. The van der Waals surface area contributed by atoms with Crippen LogP contribution in [0.1, 0.15) is 58.7 Å². The van der Waals surface area contributed by atoms with Gasteiger partial charge in [-0.3, -0.25) is 9.48 Å². The van der Waals surface area contributed by atoms with Gasteiger partial charge in [0.15, 0.2) is 0 Å². The summed E-state index contributed by atoms with van der Waals surface area (Å²) in [7, 11) is 3.60. The van der Waals surface area contributed by atoms with Crippen molar-refractivity contribution >= 4 is 5.91 Å². The third-order valence-electron chi connectivity index (χ3n) is 4.62. The average molecular weight is 332 g/mol. The van der Waals surface area contributed by atoms with E-state index >= 15 is 0 Å². The summed E-state index contributed by atoms with van der Waals surface area (Å²) < 4.78 is 12.7. The summed E-state index contributed by atoms with van der Waals surface area (Å²) in [5.74, 6) is 0.697. The van der Waals surface area contributed by atoms with Gasteiger partial charge in [-0.1, -0.05) is 5.16 Å². The highest BCUT2D eigenvalue weighted by Gasteiger charge is 2.32. The van der Waals surface area contributed by atoms with E-state index in [1.807, 2.05) is 34.7 Å². The summed E-state index contributed by atoms with van der Waals surface area (Å²) in [5, 5.41) is 8.47. The van der Waals surface area contributed by atoms with Crippen LogP contribution in [0.3, 0.4) is 0 Å². The van der Waals surface area contributed by atoms with E-state index in [4.69, 9.17) is 9.26 Å². The van der Waals surface area contributed by atoms with Crippen molar-refractivity contribution in [3.8, 4) is 0 Å². The number of fused-ring (bicyclic) bond motifs is 1. The molecule has 1 amide bonds. The summed E-state index contributed by atoms with van der Waals surface area (Å²) in [6, 6.07) is 0. The third-order valence-corrected chi connectivity index (χ3v) is 4.62. The van der Waals surface area contributed by atoms with Crippen LogP contribution in [0.15, 0.2) is 4.52 Å². The molecule has 1 aliphatic rings. The molecule has 0 bridgehead atoms. The van der Waals surface area contributed by atoms with Gasteiger partial charge in [-0.15, -0.1) is 0 Å². The van der Waals surface area contributed by atoms with E-state index < -0.39 is 0 Å². The Morgan fingerprint density at radius 1 is 1.38 bits per heavy atom. The molecule has 1 aliphatic heterocycles. The summed E-state index contributed by atoms with van der Waals surface area (Å²) in [6.45, 7) is 8.20. The van der Waals surface area contributed by atoms with Crippen LogP contribution in [0.2, 0.25) is 0 Å². The number of aryl methyl sites for hydroxylation is 3. The molecule has 7 heteroatoms. The van der Waals surface area contributed by atoms with Crippen molar-refractivity contribution < 1.29 is 14.1 Å². The van der Waals surface area contributed by atoms with Crippen LogP contribution in [0.25, 0.3) is 0 Å². The van der Waals surface area contributed by atoms with Crippen LogP contribution < -0.4 is 0 Å². The lowest BCUT2D eigenvalue weighted by Crippen LogP contribution is -2.30. The fourth-order valence-electron chi connectivity index (χ4n) is 3.35. The van der Waals surface area contributed by atoms with Crippen molar-refractivity contribution in [1.29, 1.82) is 0 Å². The highest BCUT2D eigenvalue weighted by molar-refractivity contribution is 5.94. The highest BCUT2D eigenvalue weighted by Crippen LogP contribution is 2.31. The lowest BCUT2D eigenvalue weighted by molar-refractivity contribution is -0.00713. The van der Waals surface area contributed by atoms with E-state index in [-0.39, 0.29) is 18.1 Å². The molecule has 7 nitrogen and oxygen atoms in total. The molecule has 0 N–H and O–H groups in total. The molecular weight excluding hydrogens is 308 g/mol. The quantitative estimate of drug-likeness (QED) is 0.862. The van der Waals surface area contributed by atoms with Crippen molar-refractivity contribution in [2.24, 2.45) is 7.05 Å². The first-order chi connectivity index (χ1) is 11.3. The van der Waals surface area contributed by atoms with Crippen LogP contribution in [0.5, 0.6) is 0 Å². The number of ether oxygens (including phenoxy) is 1. The lowest BCUT2D eigenvalue weighted by Gasteiger charge is -2.25. The van der Waals surface area contributed by atoms with E-state index in [0.29, 0.717) is 18.7 Å². The molecule has 24 heavy (non-hydrogen) atoms. The van der Waals surface area contributed by atoms with Crippen molar-refractivity contribution in [3.05, 3.63) is 34.0 Å². The molecule has 0 fully saturated rings. The number of aromatic nitrogens is 3. The van der Waals surface area contributed by atoms with Gasteiger partial charge in [0.05, 0.1) is 30.1 Å². The Kier molecular flexibility index (Phi) is 4.21. The molecule has 0 aromatic carbocycles. The molecule has 3 heterocycles. The Bertz CT molecular complexity index is 758. The zero-order valence-electron chi connectivity index (χ0n) is 15.1. The summed E-state index contributed by atoms with van der Waals surface area (Å²) in [5.41, 5.74) is 4.27. The Labute approximate surface area is 141 Å². The van der Waals surface area contributed by atoms with Gasteiger partial charge in [0.25, 0.3) is 5.91 Å². The van der Waals surface area contributed by atoms with Gasteiger partial charge in [-0.25, -0.2) is 0 Å². The van der Waals surface area contributed by atoms with Crippen molar-refractivity contribution in [3.63, 3.8) is 0 Å². The van der Waals surface area contributed by atoms with E-state index in [9.17, 15) is 4.79 Å². The number of carbonyl (C=O) groups excluding carboxylic acids is 1. The van der Waals surface area contributed by atoms with Gasteiger partial charge >= 0.3 is 0 Å². The first-order valence-electron chi connectivity index (χ1n) is 8.18. The minimum Gasteiger partial charge on any atom is -0.369 e. The summed E-state index contributed by atoms with van der Waals surface area (Å²) >= 11 is 0. The molecule has 2 atom stereocenters. The average Bonchev–Trinajstić information content (AvgIpc) is 3.00.